The Morgan fingerprint density at radius 3 is 2.45 bits per heavy atom. The molecule has 8 heteroatoms. The van der Waals surface area contributed by atoms with Crippen LogP contribution in [0.2, 0.25) is 0 Å². The summed E-state index contributed by atoms with van der Waals surface area (Å²) in [5.41, 5.74) is 1.89. The number of para-hydroxylation sites is 1. The third kappa shape index (κ3) is 4.54. The fourth-order valence-electron chi connectivity index (χ4n) is 4.99. The first-order valence-electron chi connectivity index (χ1n) is 11.8. The fourth-order valence-corrected chi connectivity index (χ4v) is 6.07. The third-order valence-electron chi connectivity index (χ3n) is 6.96. The van der Waals surface area contributed by atoms with Crippen molar-refractivity contribution < 1.29 is 14.7 Å². The normalized spacial score (nSPS) is 21.9. The van der Waals surface area contributed by atoms with Crippen LogP contribution in [0.4, 0.5) is 0 Å². The Kier molecular flexibility index (Phi) is 6.21. The molecule has 2 aliphatic rings. The number of thiophene rings is 1. The molecule has 1 saturated carbocycles. The fraction of sp³-hybridized carbons (Fsp3) is 0.480. The summed E-state index contributed by atoms with van der Waals surface area (Å²) < 4.78 is 1.91. The summed E-state index contributed by atoms with van der Waals surface area (Å²) >= 11 is 1.47. The lowest BCUT2D eigenvalue weighted by atomic mass is 9.84. The molecule has 33 heavy (non-hydrogen) atoms. The van der Waals surface area contributed by atoms with Crippen LogP contribution < -0.4 is 5.32 Å². The zero-order chi connectivity index (χ0) is 22.9. The minimum Gasteiger partial charge on any atom is -0.393 e. The van der Waals surface area contributed by atoms with Gasteiger partial charge in [0.2, 0.25) is 5.91 Å². The molecule has 7 nitrogen and oxygen atoms in total. The van der Waals surface area contributed by atoms with E-state index in [1.165, 1.54) is 11.3 Å². The molecule has 5 rings (SSSR count). The van der Waals surface area contributed by atoms with Crippen LogP contribution in [0.25, 0.3) is 15.9 Å². The van der Waals surface area contributed by atoms with Gasteiger partial charge in [0.05, 0.1) is 22.4 Å². The third-order valence-corrected chi connectivity index (χ3v) is 8.07. The average molecular weight is 467 g/mol. The first-order chi connectivity index (χ1) is 16.0. The number of carbonyl (C=O) groups is 2. The van der Waals surface area contributed by atoms with Crippen molar-refractivity contribution in [3.8, 4) is 5.69 Å². The van der Waals surface area contributed by atoms with Crippen LogP contribution in [0.5, 0.6) is 0 Å². The van der Waals surface area contributed by atoms with Gasteiger partial charge in [0, 0.05) is 30.4 Å². The topological polar surface area (TPSA) is 87.5 Å². The molecule has 1 aliphatic carbocycles. The Hall–Kier alpha value is -2.71. The number of aliphatic hydroxyl groups is 1. The lowest BCUT2D eigenvalue weighted by Crippen LogP contribution is -2.45. The number of aliphatic hydroxyl groups excluding tert-OH is 1. The number of piperidine rings is 1. The van der Waals surface area contributed by atoms with E-state index in [4.69, 9.17) is 0 Å². The van der Waals surface area contributed by atoms with Crippen LogP contribution in [0.3, 0.4) is 0 Å². The summed E-state index contributed by atoms with van der Waals surface area (Å²) in [5.74, 6) is 0.212. The number of carbonyl (C=O) groups excluding carboxylic acids is 2. The van der Waals surface area contributed by atoms with E-state index in [2.05, 4.69) is 10.4 Å². The molecule has 3 heterocycles. The second-order valence-electron chi connectivity index (χ2n) is 9.24. The van der Waals surface area contributed by atoms with Gasteiger partial charge < -0.3 is 15.3 Å². The Bertz CT molecular complexity index is 1140. The van der Waals surface area contributed by atoms with E-state index >= 15 is 0 Å². The second-order valence-corrected chi connectivity index (χ2v) is 10.3. The minimum absolute atomic E-state index is 0.0391. The van der Waals surface area contributed by atoms with Crippen LogP contribution >= 0.6 is 11.3 Å². The Balaban J connectivity index is 1.21. The zero-order valence-corrected chi connectivity index (χ0v) is 19.7. The van der Waals surface area contributed by atoms with E-state index in [0.29, 0.717) is 30.8 Å². The molecular weight excluding hydrogens is 436 g/mol. The van der Waals surface area contributed by atoms with Crippen LogP contribution in [-0.2, 0) is 4.79 Å². The Labute approximate surface area is 197 Å². The van der Waals surface area contributed by atoms with E-state index in [1.54, 1.807) is 0 Å². The summed E-state index contributed by atoms with van der Waals surface area (Å²) in [6.45, 7) is 3.28. The van der Waals surface area contributed by atoms with E-state index in [9.17, 15) is 14.7 Å². The number of nitrogens with zero attached hydrogens (tertiary/aromatic N) is 3. The van der Waals surface area contributed by atoms with Crippen molar-refractivity contribution in [3.05, 3.63) is 47.0 Å². The van der Waals surface area contributed by atoms with Crippen molar-refractivity contribution in [2.24, 2.45) is 5.92 Å². The van der Waals surface area contributed by atoms with Gasteiger partial charge in [-0.2, -0.15) is 5.10 Å². The molecule has 0 spiro atoms. The number of nitrogens with one attached hydrogen (secondary N) is 1. The molecule has 0 unspecified atom stereocenters. The van der Waals surface area contributed by atoms with Crippen LogP contribution in [0.1, 0.15) is 53.9 Å². The van der Waals surface area contributed by atoms with Crippen molar-refractivity contribution in [2.45, 2.75) is 57.6 Å². The quantitative estimate of drug-likeness (QED) is 0.614. The number of benzene rings is 1. The van der Waals surface area contributed by atoms with Gasteiger partial charge in [0.15, 0.2) is 0 Å². The molecule has 3 aromatic rings. The highest BCUT2D eigenvalue weighted by Crippen LogP contribution is 2.31. The van der Waals surface area contributed by atoms with Gasteiger partial charge in [0.25, 0.3) is 5.91 Å². The predicted molar refractivity (Wildman–Crippen MR) is 129 cm³/mol. The highest BCUT2D eigenvalue weighted by molar-refractivity contribution is 7.20. The van der Waals surface area contributed by atoms with Gasteiger partial charge in [-0.3, -0.25) is 9.59 Å². The minimum atomic E-state index is -0.270. The van der Waals surface area contributed by atoms with Crippen molar-refractivity contribution in [1.82, 2.24) is 20.0 Å². The monoisotopic (exact) mass is 466 g/mol. The van der Waals surface area contributed by atoms with Gasteiger partial charge in [-0.1, -0.05) is 18.2 Å². The van der Waals surface area contributed by atoms with E-state index in [1.807, 2.05) is 52.9 Å². The molecule has 2 fully saturated rings. The second kappa shape index (κ2) is 9.27. The number of rotatable bonds is 4. The highest BCUT2D eigenvalue weighted by atomic mass is 32.1. The van der Waals surface area contributed by atoms with E-state index < -0.39 is 0 Å². The molecule has 0 atom stereocenters. The van der Waals surface area contributed by atoms with E-state index in [0.717, 1.165) is 47.3 Å². The van der Waals surface area contributed by atoms with Crippen molar-refractivity contribution in [3.63, 3.8) is 0 Å². The standard InChI is InChI=1S/C25H30N4O3S/c1-16-21-15-22(33-25(21)29(27-16)19-5-3-2-4-6-19)23(31)26-18-9-7-17(8-10-18)24(32)28-13-11-20(30)12-14-28/h2-6,15,17-18,20,30H,7-14H2,1H3,(H,26,31). The maximum Gasteiger partial charge on any atom is 0.261 e. The number of aromatic nitrogens is 2. The first kappa shape index (κ1) is 22.1. The van der Waals surface area contributed by atoms with Crippen molar-refractivity contribution in [2.75, 3.05) is 13.1 Å². The lowest BCUT2D eigenvalue weighted by Gasteiger charge is -2.35. The molecule has 1 aliphatic heterocycles. The molecule has 2 amide bonds. The van der Waals surface area contributed by atoms with Gasteiger partial charge in [-0.05, 0) is 63.6 Å². The maximum absolute atomic E-state index is 13.0. The molecule has 2 aromatic heterocycles. The highest BCUT2D eigenvalue weighted by Gasteiger charge is 2.32. The van der Waals surface area contributed by atoms with Crippen LogP contribution in [0.15, 0.2) is 36.4 Å². The Morgan fingerprint density at radius 1 is 1.06 bits per heavy atom. The van der Waals surface area contributed by atoms with Crippen LogP contribution in [-0.4, -0.2) is 56.8 Å². The van der Waals surface area contributed by atoms with Gasteiger partial charge in [-0.25, -0.2) is 4.68 Å². The molecule has 0 radical (unpaired) electrons. The molecule has 174 valence electrons. The molecule has 2 N–H and O–H groups in total. The number of hydrogen-bond donors (Lipinski definition) is 2. The van der Waals surface area contributed by atoms with E-state index in [-0.39, 0.29) is 29.9 Å². The average Bonchev–Trinajstić information content (AvgIpc) is 3.41. The number of amides is 2. The zero-order valence-electron chi connectivity index (χ0n) is 18.9. The SMILES string of the molecule is Cc1nn(-c2ccccc2)c2sc(C(=O)NC3CCC(C(=O)N4CCC(O)CC4)CC3)cc12. The number of likely N-dealkylation sites (tertiary alicyclic amines) is 1. The number of aryl methyl sites for hydroxylation is 1. The Morgan fingerprint density at radius 2 is 1.76 bits per heavy atom. The number of fused-ring (bicyclic) bond motifs is 1. The summed E-state index contributed by atoms with van der Waals surface area (Å²) in [7, 11) is 0. The number of hydrogen-bond acceptors (Lipinski definition) is 5. The summed E-state index contributed by atoms with van der Waals surface area (Å²) in [6, 6.07) is 12.0. The summed E-state index contributed by atoms with van der Waals surface area (Å²) in [5, 5.41) is 18.5. The van der Waals surface area contributed by atoms with Gasteiger partial charge in [-0.15, -0.1) is 11.3 Å². The predicted octanol–water partition coefficient (Wildman–Crippen LogP) is 3.67. The lowest BCUT2D eigenvalue weighted by molar-refractivity contribution is -0.138. The molecule has 0 bridgehead atoms. The first-order valence-corrected chi connectivity index (χ1v) is 12.6. The largest absolute Gasteiger partial charge is 0.393 e. The van der Waals surface area contributed by atoms with Crippen molar-refractivity contribution >= 4 is 33.4 Å². The van der Waals surface area contributed by atoms with Crippen molar-refractivity contribution in [1.29, 1.82) is 0 Å². The molecule has 1 aromatic carbocycles. The van der Waals surface area contributed by atoms with Crippen LogP contribution in [0, 0.1) is 12.8 Å². The molecular formula is C25H30N4O3S. The maximum atomic E-state index is 13.0. The van der Waals surface area contributed by atoms with Gasteiger partial charge in [0.1, 0.15) is 4.83 Å². The van der Waals surface area contributed by atoms with Gasteiger partial charge >= 0.3 is 0 Å². The molecule has 1 saturated heterocycles. The smallest absolute Gasteiger partial charge is 0.261 e. The summed E-state index contributed by atoms with van der Waals surface area (Å²) in [4.78, 5) is 29.4. The summed E-state index contributed by atoms with van der Waals surface area (Å²) in [6.07, 6.45) is 4.32.